The van der Waals surface area contributed by atoms with Crippen molar-refractivity contribution < 1.29 is 19.4 Å². The number of hydrogen-bond acceptors (Lipinski definition) is 7. The molecule has 0 bridgehead atoms. The zero-order chi connectivity index (χ0) is 24.0. The van der Waals surface area contributed by atoms with Crippen LogP contribution in [0.5, 0.6) is 5.88 Å². The zero-order valence-corrected chi connectivity index (χ0v) is 20.9. The van der Waals surface area contributed by atoms with Crippen molar-refractivity contribution in [3.63, 3.8) is 0 Å². The topological polar surface area (TPSA) is 101 Å². The van der Waals surface area contributed by atoms with Crippen LogP contribution in [0.3, 0.4) is 0 Å². The van der Waals surface area contributed by atoms with Crippen LogP contribution in [0.1, 0.15) is 40.9 Å². The van der Waals surface area contributed by atoms with Crippen molar-refractivity contribution in [3.8, 4) is 5.88 Å². The highest BCUT2D eigenvalue weighted by atomic mass is 79.9. The second kappa shape index (κ2) is 9.16. The average molecular weight is 542 g/mol. The largest absolute Gasteiger partial charge is 0.472 e. The predicted molar refractivity (Wildman–Crippen MR) is 131 cm³/mol. The quantitative estimate of drug-likeness (QED) is 0.522. The van der Waals surface area contributed by atoms with Crippen molar-refractivity contribution in [1.29, 1.82) is 0 Å². The lowest BCUT2D eigenvalue weighted by Crippen LogP contribution is -2.65. The summed E-state index contributed by atoms with van der Waals surface area (Å²) in [7, 11) is 0. The molecule has 2 fully saturated rings. The Morgan fingerprint density at radius 2 is 2.14 bits per heavy atom. The number of carbonyl (C=O) groups excluding carboxylic acids is 1. The number of aliphatic hydroxyl groups excluding tert-OH is 1. The van der Waals surface area contributed by atoms with E-state index in [1.54, 1.807) is 21.7 Å². The summed E-state index contributed by atoms with van der Waals surface area (Å²) in [5, 5.41) is 14.7. The Labute approximate surface area is 211 Å². The number of aliphatic hydroxyl groups is 1. The smallest absolute Gasteiger partial charge is 0.274 e. The van der Waals surface area contributed by atoms with Crippen LogP contribution in [0.15, 0.2) is 41.3 Å². The van der Waals surface area contributed by atoms with Gasteiger partial charge in [0.15, 0.2) is 0 Å². The van der Waals surface area contributed by atoms with Crippen molar-refractivity contribution in [2.45, 2.75) is 50.0 Å². The third-order valence-corrected chi connectivity index (χ3v) is 7.81. The monoisotopic (exact) mass is 541 g/mol. The molecule has 3 atom stereocenters. The number of likely N-dealkylation sites (tertiary alicyclic amines) is 1. The van der Waals surface area contributed by atoms with Gasteiger partial charge in [0, 0.05) is 38.6 Å². The van der Waals surface area contributed by atoms with Gasteiger partial charge in [-0.3, -0.25) is 9.20 Å². The van der Waals surface area contributed by atoms with E-state index in [1.807, 2.05) is 12.1 Å². The van der Waals surface area contributed by atoms with Gasteiger partial charge < -0.3 is 24.8 Å². The van der Waals surface area contributed by atoms with Crippen LogP contribution in [-0.2, 0) is 17.7 Å². The van der Waals surface area contributed by atoms with Crippen LogP contribution >= 0.6 is 15.9 Å². The molecule has 9 nitrogen and oxygen atoms in total. The third-order valence-electron chi connectivity index (χ3n) is 7.43. The van der Waals surface area contributed by atoms with Crippen LogP contribution in [0.25, 0.3) is 5.65 Å². The van der Waals surface area contributed by atoms with Crippen molar-refractivity contribution >= 4 is 27.5 Å². The van der Waals surface area contributed by atoms with Crippen molar-refractivity contribution in [2.75, 3.05) is 26.3 Å². The van der Waals surface area contributed by atoms with Gasteiger partial charge in [0.2, 0.25) is 5.65 Å². The Hall–Kier alpha value is -2.53. The average Bonchev–Trinajstić information content (AvgIpc) is 3.54. The molecule has 1 spiro atoms. The number of piperidine rings is 1. The molecule has 2 N–H and O–H groups in total. The predicted octanol–water partition coefficient (Wildman–Crippen LogP) is 2.34. The lowest BCUT2D eigenvalue weighted by molar-refractivity contribution is -0.0140. The molecule has 10 heteroatoms. The molecule has 35 heavy (non-hydrogen) atoms. The number of amides is 1. The summed E-state index contributed by atoms with van der Waals surface area (Å²) in [4.78, 5) is 24.0. The number of hydrogen-bond donors (Lipinski definition) is 2. The first-order valence-corrected chi connectivity index (χ1v) is 12.9. The van der Waals surface area contributed by atoms with Gasteiger partial charge >= 0.3 is 0 Å². The second-order valence-corrected chi connectivity index (χ2v) is 10.5. The van der Waals surface area contributed by atoms with E-state index in [0.29, 0.717) is 41.4 Å². The van der Waals surface area contributed by atoms with E-state index in [-0.39, 0.29) is 18.6 Å². The minimum absolute atomic E-state index is 0.0504. The van der Waals surface area contributed by atoms with Gasteiger partial charge in [-0.25, -0.2) is 9.97 Å². The first-order valence-electron chi connectivity index (χ1n) is 12.1. The molecule has 0 radical (unpaired) electrons. The molecule has 2 saturated heterocycles. The Morgan fingerprint density at radius 1 is 1.29 bits per heavy atom. The summed E-state index contributed by atoms with van der Waals surface area (Å²) in [6.07, 6.45) is 6.23. The number of imidazole rings is 1. The maximum absolute atomic E-state index is 13.4. The van der Waals surface area contributed by atoms with E-state index in [9.17, 15) is 9.90 Å². The van der Waals surface area contributed by atoms with Crippen molar-refractivity contribution in [2.24, 2.45) is 0 Å². The van der Waals surface area contributed by atoms with Gasteiger partial charge in [0.05, 0.1) is 17.7 Å². The fourth-order valence-corrected chi connectivity index (χ4v) is 5.78. The molecular weight excluding hydrogens is 514 g/mol. The molecule has 2 aromatic heterocycles. The second-order valence-electron chi connectivity index (χ2n) is 9.64. The number of nitrogens with zero attached hydrogens (tertiary/aromatic N) is 4. The van der Waals surface area contributed by atoms with E-state index >= 15 is 0 Å². The van der Waals surface area contributed by atoms with Gasteiger partial charge in [0.25, 0.3) is 11.8 Å². The number of β-amino-alcohol motifs (C(OH)–C–C–N with tert-alkyl or cyclic N) is 1. The van der Waals surface area contributed by atoms with Gasteiger partial charge in [-0.2, -0.15) is 0 Å². The molecule has 0 aliphatic carbocycles. The van der Waals surface area contributed by atoms with Crippen LogP contribution in [0, 0.1) is 0 Å². The maximum Gasteiger partial charge on any atom is 0.274 e. The number of aromatic nitrogens is 3. The first-order chi connectivity index (χ1) is 17.0. The number of carbonyl (C=O) groups is 1. The Balaban J connectivity index is 1.18. The van der Waals surface area contributed by atoms with Crippen molar-refractivity contribution in [1.82, 2.24) is 24.6 Å². The zero-order valence-electron chi connectivity index (χ0n) is 19.3. The normalized spacial score (nSPS) is 26.3. The third kappa shape index (κ3) is 4.33. The van der Waals surface area contributed by atoms with Crippen LogP contribution in [-0.4, -0.2) is 74.3 Å². The van der Waals surface area contributed by atoms with E-state index in [1.165, 1.54) is 11.1 Å². The molecule has 0 saturated carbocycles. The fraction of sp³-hybridized carbons (Fsp3) is 0.480. The summed E-state index contributed by atoms with van der Waals surface area (Å²) < 4.78 is 13.9. The maximum atomic E-state index is 13.4. The SMILES string of the molecule is O=C(c1cn2cc(Br)nc(OC[C@@H]3CCCO3)c2n1)N1CC[C@]2(Cc3ccccc3CN2)[C@H](O)C1. The van der Waals surface area contributed by atoms with E-state index < -0.39 is 11.6 Å². The van der Waals surface area contributed by atoms with Gasteiger partial charge in [-0.1, -0.05) is 24.3 Å². The Morgan fingerprint density at radius 3 is 2.94 bits per heavy atom. The summed E-state index contributed by atoms with van der Waals surface area (Å²) in [5.41, 5.74) is 2.90. The summed E-state index contributed by atoms with van der Waals surface area (Å²) >= 11 is 3.41. The molecular formula is C25H28BrN5O4. The van der Waals surface area contributed by atoms with E-state index in [2.05, 4.69) is 43.3 Å². The number of nitrogens with one attached hydrogen (secondary N) is 1. The molecule has 184 valence electrons. The lowest BCUT2D eigenvalue weighted by atomic mass is 9.76. The molecule has 3 aliphatic rings. The van der Waals surface area contributed by atoms with Crippen LogP contribution in [0.4, 0.5) is 0 Å². The number of halogens is 1. The van der Waals surface area contributed by atoms with Gasteiger partial charge in [-0.15, -0.1) is 0 Å². The number of fused-ring (bicyclic) bond motifs is 2. The minimum Gasteiger partial charge on any atom is -0.472 e. The molecule has 3 aromatic rings. The van der Waals surface area contributed by atoms with Gasteiger partial charge in [-0.05, 0) is 52.7 Å². The summed E-state index contributed by atoms with van der Waals surface area (Å²) in [5.74, 6) is 0.150. The van der Waals surface area contributed by atoms with E-state index in [0.717, 1.165) is 32.4 Å². The standard InChI is InChI=1S/C25H28BrN5O4/c26-21-14-31-12-19(28-22(31)23(29-21)35-15-18-6-3-9-34-18)24(33)30-8-7-25(20(32)13-30)10-16-4-1-2-5-17(16)11-27-25/h1-2,4-5,12,14,18,20,27,32H,3,6-11,13,15H2/t18-,20+,25-/m0/s1. The van der Waals surface area contributed by atoms with Crippen LogP contribution in [0.2, 0.25) is 0 Å². The lowest BCUT2D eigenvalue weighted by Gasteiger charge is -2.48. The van der Waals surface area contributed by atoms with Crippen LogP contribution < -0.4 is 10.1 Å². The molecule has 3 aliphatic heterocycles. The number of ether oxygens (including phenoxy) is 2. The first kappa shape index (κ1) is 22.9. The van der Waals surface area contributed by atoms with Crippen molar-refractivity contribution in [3.05, 3.63) is 58.1 Å². The van der Waals surface area contributed by atoms with Gasteiger partial charge in [0.1, 0.15) is 16.9 Å². The Bertz CT molecular complexity index is 1260. The fourth-order valence-electron chi connectivity index (χ4n) is 5.40. The molecule has 1 amide bonds. The number of rotatable bonds is 4. The highest BCUT2D eigenvalue weighted by molar-refractivity contribution is 9.10. The summed E-state index contributed by atoms with van der Waals surface area (Å²) in [6.45, 7) is 2.67. The molecule has 5 heterocycles. The number of benzene rings is 1. The highest BCUT2D eigenvalue weighted by Crippen LogP contribution is 2.33. The van der Waals surface area contributed by atoms with E-state index in [4.69, 9.17) is 9.47 Å². The molecule has 0 unspecified atom stereocenters. The highest BCUT2D eigenvalue weighted by Gasteiger charge is 2.45. The minimum atomic E-state index is -0.674. The summed E-state index contributed by atoms with van der Waals surface area (Å²) in [6, 6.07) is 8.33. The Kier molecular flexibility index (Phi) is 6.00. The molecule has 1 aromatic carbocycles. The molecule has 6 rings (SSSR count).